The molecular weight excluding hydrogens is 212 g/mol. The van der Waals surface area contributed by atoms with Gasteiger partial charge in [-0.1, -0.05) is 24.3 Å². The zero-order valence-corrected chi connectivity index (χ0v) is 9.21. The minimum atomic E-state index is -0.202. The van der Waals surface area contributed by atoms with Gasteiger partial charge in [-0.15, -0.1) is 0 Å². The van der Waals surface area contributed by atoms with Gasteiger partial charge in [-0.3, -0.25) is 4.98 Å². The molecule has 1 aromatic carbocycles. The number of benzene rings is 1. The molecule has 0 aliphatic heterocycles. The monoisotopic (exact) mass is 224 g/mol. The van der Waals surface area contributed by atoms with Crippen molar-refractivity contribution in [2.75, 3.05) is 0 Å². The summed E-state index contributed by atoms with van der Waals surface area (Å²) >= 11 is 0. The smallest absolute Gasteiger partial charge is 0.0953 e. The molecule has 1 atom stereocenters. The second kappa shape index (κ2) is 4.03. The molecule has 2 aromatic heterocycles. The van der Waals surface area contributed by atoms with Crippen LogP contribution in [0.15, 0.2) is 59.7 Å². The summed E-state index contributed by atoms with van der Waals surface area (Å²) in [5.41, 5.74) is 8.21. The van der Waals surface area contributed by atoms with Crippen LogP contribution in [0.3, 0.4) is 0 Å². The summed E-state index contributed by atoms with van der Waals surface area (Å²) in [6.45, 7) is 0. The lowest BCUT2D eigenvalue weighted by Gasteiger charge is -2.12. The summed E-state index contributed by atoms with van der Waals surface area (Å²) in [6.07, 6.45) is 6.97. The number of hydrogen-bond donors (Lipinski definition) is 1. The van der Waals surface area contributed by atoms with Gasteiger partial charge in [-0.2, -0.15) is 0 Å². The van der Waals surface area contributed by atoms with E-state index < -0.39 is 0 Å². The Kier molecular flexibility index (Phi) is 2.38. The van der Waals surface area contributed by atoms with Gasteiger partial charge in [0.05, 0.1) is 18.6 Å². The lowest BCUT2D eigenvalue weighted by Crippen LogP contribution is -2.11. The zero-order valence-electron chi connectivity index (χ0n) is 9.21. The number of rotatable bonds is 2. The molecule has 3 rings (SSSR count). The van der Waals surface area contributed by atoms with Crippen molar-refractivity contribution in [1.29, 1.82) is 0 Å². The highest BCUT2D eigenvalue weighted by Gasteiger charge is 2.13. The van der Waals surface area contributed by atoms with Gasteiger partial charge in [0.25, 0.3) is 0 Å². The zero-order chi connectivity index (χ0) is 11.7. The molecule has 0 aliphatic rings. The summed E-state index contributed by atoms with van der Waals surface area (Å²) in [5.74, 6) is 0. The van der Waals surface area contributed by atoms with Crippen molar-refractivity contribution in [1.82, 2.24) is 4.98 Å². The highest BCUT2D eigenvalue weighted by Crippen LogP contribution is 2.26. The van der Waals surface area contributed by atoms with E-state index in [9.17, 15) is 0 Å². The van der Waals surface area contributed by atoms with Crippen molar-refractivity contribution >= 4 is 10.8 Å². The van der Waals surface area contributed by atoms with E-state index in [4.69, 9.17) is 10.2 Å². The maximum Gasteiger partial charge on any atom is 0.0953 e. The van der Waals surface area contributed by atoms with Gasteiger partial charge < -0.3 is 10.2 Å². The summed E-state index contributed by atoms with van der Waals surface area (Å²) in [4.78, 5) is 4.23. The normalized spacial score (nSPS) is 12.8. The Bertz CT molecular complexity index is 626. The van der Waals surface area contributed by atoms with Gasteiger partial charge in [0.2, 0.25) is 0 Å². The Hall–Kier alpha value is -2.13. The summed E-state index contributed by atoms with van der Waals surface area (Å²) in [5, 5.41) is 2.24. The van der Waals surface area contributed by atoms with E-state index in [1.54, 1.807) is 12.5 Å². The second-order valence-corrected chi connectivity index (χ2v) is 3.98. The Balaban J connectivity index is 2.17. The van der Waals surface area contributed by atoms with E-state index >= 15 is 0 Å². The molecule has 3 nitrogen and oxygen atoms in total. The van der Waals surface area contributed by atoms with Crippen molar-refractivity contribution in [3.63, 3.8) is 0 Å². The molecule has 0 saturated carbocycles. The number of aromatic nitrogens is 1. The third kappa shape index (κ3) is 1.70. The van der Waals surface area contributed by atoms with Crippen LogP contribution >= 0.6 is 0 Å². The fourth-order valence-corrected chi connectivity index (χ4v) is 2.02. The van der Waals surface area contributed by atoms with Crippen LogP contribution in [0, 0.1) is 0 Å². The highest BCUT2D eigenvalue weighted by atomic mass is 16.3. The van der Waals surface area contributed by atoms with Crippen LogP contribution in [0.2, 0.25) is 0 Å². The number of pyridine rings is 1. The van der Waals surface area contributed by atoms with Crippen molar-refractivity contribution in [2.24, 2.45) is 5.73 Å². The molecular formula is C14H12N2O. The molecule has 0 spiro atoms. The number of fused-ring (bicyclic) bond motifs is 1. The third-order valence-corrected chi connectivity index (χ3v) is 2.94. The molecule has 1 unspecified atom stereocenters. The first kappa shape index (κ1) is 10.1. The van der Waals surface area contributed by atoms with E-state index in [0.29, 0.717) is 0 Å². The predicted octanol–water partition coefficient (Wildman–Crippen LogP) is 2.88. The van der Waals surface area contributed by atoms with E-state index in [2.05, 4.69) is 11.1 Å². The largest absolute Gasteiger partial charge is 0.472 e. The molecule has 0 radical (unpaired) electrons. The van der Waals surface area contributed by atoms with Crippen molar-refractivity contribution in [3.8, 4) is 0 Å². The predicted molar refractivity (Wildman–Crippen MR) is 66.5 cm³/mol. The molecule has 2 heterocycles. The van der Waals surface area contributed by atoms with Crippen LogP contribution in [-0.4, -0.2) is 4.98 Å². The number of nitrogens with zero attached hydrogens (tertiary/aromatic N) is 1. The lowest BCUT2D eigenvalue weighted by molar-refractivity contribution is 0.562. The van der Waals surface area contributed by atoms with E-state index in [1.165, 1.54) is 0 Å². The first-order valence-corrected chi connectivity index (χ1v) is 5.46. The molecule has 0 aliphatic carbocycles. The molecule has 84 valence electrons. The molecule has 0 saturated heterocycles. The lowest BCUT2D eigenvalue weighted by atomic mass is 9.98. The maximum atomic E-state index is 6.23. The molecule has 0 fully saturated rings. The van der Waals surface area contributed by atoms with Gasteiger partial charge >= 0.3 is 0 Å². The highest BCUT2D eigenvalue weighted by molar-refractivity contribution is 5.85. The second-order valence-electron chi connectivity index (χ2n) is 3.98. The van der Waals surface area contributed by atoms with Gasteiger partial charge in [-0.25, -0.2) is 0 Å². The molecule has 17 heavy (non-hydrogen) atoms. The molecule has 3 aromatic rings. The van der Waals surface area contributed by atoms with Gasteiger partial charge in [0, 0.05) is 23.3 Å². The first-order valence-electron chi connectivity index (χ1n) is 5.46. The Morgan fingerprint density at radius 2 is 2.00 bits per heavy atom. The van der Waals surface area contributed by atoms with Crippen LogP contribution in [-0.2, 0) is 0 Å². The van der Waals surface area contributed by atoms with E-state index in [0.717, 1.165) is 21.9 Å². The van der Waals surface area contributed by atoms with Crippen molar-refractivity contribution in [3.05, 3.63) is 66.4 Å². The molecule has 0 amide bonds. The van der Waals surface area contributed by atoms with Gasteiger partial charge in [-0.05, 0) is 17.0 Å². The fourth-order valence-electron chi connectivity index (χ4n) is 2.02. The number of hydrogen-bond acceptors (Lipinski definition) is 3. The summed E-state index contributed by atoms with van der Waals surface area (Å²) < 4.78 is 5.07. The van der Waals surface area contributed by atoms with Crippen LogP contribution in [0.5, 0.6) is 0 Å². The fraction of sp³-hybridized carbons (Fsp3) is 0.0714. The minimum absolute atomic E-state index is 0.202. The van der Waals surface area contributed by atoms with Crippen molar-refractivity contribution in [2.45, 2.75) is 6.04 Å². The Labute approximate surface area is 98.9 Å². The topological polar surface area (TPSA) is 52.0 Å². The first-order chi connectivity index (χ1) is 8.36. The number of nitrogens with two attached hydrogens (primary N) is 1. The summed E-state index contributed by atoms with van der Waals surface area (Å²) in [7, 11) is 0. The van der Waals surface area contributed by atoms with E-state index in [-0.39, 0.29) is 6.04 Å². The standard InChI is InChI=1S/C14H12N2O/c15-14(11-5-6-17-9-11)13-8-16-7-10-3-1-2-4-12(10)13/h1-9,14H,15H2. The van der Waals surface area contributed by atoms with E-state index in [1.807, 2.05) is 36.7 Å². The average Bonchev–Trinajstić information content (AvgIpc) is 2.91. The Morgan fingerprint density at radius 1 is 1.12 bits per heavy atom. The Morgan fingerprint density at radius 3 is 2.82 bits per heavy atom. The van der Waals surface area contributed by atoms with Crippen LogP contribution in [0.25, 0.3) is 10.8 Å². The minimum Gasteiger partial charge on any atom is -0.472 e. The quantitative estimate of drug-likeness (QED) is 0.728. The van der Waals surface area contributed by atoms with Gasteiger partial charge in [0.1, 0.15) is 0 Å². The van der Waals surface area contributed by atoms with Crippen LogP contribution in [0.1, 0.15) is 17.2 Å². The maximum absolute atomic E-state index is 6.23. The molecule has 2 N–H and O–H groups in total. The van der Waals surface area contributed by atoms with Crippen LogP contribution in [0.4, 0.5) is 0 Å². The van der Waals surface area contributed by atoms with Crippen molar-refractivity contribution < 1.29 is 4.42 Å². The van der Waals surface area contributed by atoms with Crippen LogP contribution < -0.4 is 5.73 Å². The average molecular weight is 224 g/mol. The summed E-state index contributed by atoms with van der Waals surface area (Å²) in [6, 6.07) is 9.78. The molecule has 3 heteroatoms. The molecule has 0 bridgehead atoms. The number of furan rings is 1. The SMILES string of the molecule is NC(c1ccoc1)c1cncc2ccccc12. The third-order valence-electron chi connectivity index (χ3n) is 2.94. The van der Waals surface area contributed by atoms with Gasteiger partial charge in [0.15, 0.2) is 0 Å².